The van der Waals surface area contributed by atoms with Crippen LogP contribution in [0.3, 0.4) is 0 Å². The van der Waals surface area contributed by atoms with Gasteiger partial charge in [0.15, 0.2) is 5.82 Å². The van der Waals surface area contributed by atoms with Crippen LogP contribution in [0.25, 0.3) is 22.0 Å². The van der Waals surface area contributed by atoms with Gasteiger partial charge in [-0.05, 0) is 60.7 Å². The average molecular weight is 426 g/mol. The first-order valence-electron chi connectivity index (χ1n) is 10.8. The molecule has 1 saturated heterocycles. The molecule has 1 atom stereocenters. The monoisotopic (exact) mass is 426 g/mol. The van der Waals surface area contributed by atoms with Gasteiger partial charge in [-0.2, -0.15) is 0 Å². The third-order valence-corrected chi connectivity index (χ3v) is 5.95. The molecule has 1 unspecified atom stereocenters. The number of nitrogens with zero attached hydrogens (tertiary/aromatic N) is 3. The molecule has 1 aliphatic heterocycles. The number of rotatable bonds is 4. The van der Waals surface area contributed by atoms with Gasteiger partial charge in [0.05, 0.1) is 11.6 Å². The topological polar surface area (TPSA) is 58.1 Å². The van der Waals surface area contributed by atoms with Gasteiger partial charge in [-0.3, -0.25) is 4.79 Å². The fourth-order valence-corrected chi connectivity index (χ4v) is 4.24. The lowest BCUT2D eigenvalue weighted by Gasteiger charge is -2.32. The standard InChI is InChI=1S/C26H23FN4O/c27-21-12-10-19(11-13-21)23-14-15-25(30-29-23)31-16-4-7-20(17-31)26(32)28-24-9-3-6-18-5-1-2-8-22(18)24/h1-3,5-6,8-15,20H,4,7,16-17H2,(H,28,32). The molecule has 0 bridgehead atoms. The largest absolute Gasteiger partial charge is 0.354 e. The van der Waals surface area contributed by atoms with Crippen LogP contribution in [0, 0.1) is 11.7 Å². The van der Waals surface area contributed by atoms with Crippen molar-refractivity contribution in [2.75, 3.05) is 23.3 Å². The van der Waals surface area contributed by atoms with Crippen LogP contribution >= 0.6 is 0 Å². The Morgan fingerprint density at radius 2 is 1.75 bits per heavy atom. The number of hydrogen-bond acceptors (Lipinski definition) is 4. The Bertz CT molecular complexity index is 1240. The summed E-state index contributed by atoms with van der Waals surface area (Å²) < 4.78 is 13.2. The van der Waals surface area contributed by atoms with E-state index >= 15 is 0 Å². The highest BCUT2D eigenvalue weighted by Gasteiger charge is 2.27. The highest BCUT2D eigenvalue weighted by molar-refractivity contribution is 6.03. The second-order valence-corrected chi connectivity index (χ2v) is 8.08. The number of benzene rings is 3. The zero-order chi connectivity index (χ0) is 21.9. The Balaban J connectivity index is 1.28. The van der Waals surface area contributed by atoms with E-state index in [-0.39, 0.29) is 17.6 Å². The van der Waals surface area contributed by atoms with Crippen LogP contribution in [0.1, 0.15) is 12.8 Å². The quantitative estimate of drug-likeness (QED) is 0.482. The van der Waals surface area contributed by atoms with Gasteiger partial charge in [-0.25, -0.2) is 4.39 Å². The van der Waals surface area contributed by atoms with Crippen molar-refractivity contribution >= 4 is 28.2 Å². The maximum Gasteiger partial charge on any atom is 0.229 e. The molecule has 5 rings (SSSR count). The fourth-order valence-electron chi connectivity index (χ4n) is 4.24. The molecular formula is C26H23FN4O. The molecule has 5 nitrogen and oxygen atoms in total. The molecule has 1 aliphatic rings. The van der Waals surface area contributed by atoms with Crippen molar-refractivity contribution in [3.63, 3.8) is 0 Å². The van der Waals surface area contributed by atoms with Crippen LogP contribution < -0.4 is 10.2 Å². The van der Waals surface area contributed by atoms with Gasteiger partial charge in [-0.1, -0.05) is 36.4 Å². The number of nitrogens with one attached hydrogen (secondary N) is 1. The van der Waals surface area contributed by atoms with Gasteiger partial charge in [0.2, 0.25) is 5.91 Å². The maximum absolute atomic E-state index is 13.2. The predicted octanol–water partition coefficient (Wildman–Crippen LogP) is 5.29. The Hall–Kier alpha value is -3.80. The predicted molar refractivity (Wildman–Crippen MR) is 125 cm³/mol. The van der Waals surface area contributed by atoms with Crippen molar-refractivity contribution in [2.24, 2.45) is 5.92 Å². The van der Waals surface area contributed by atoms with Crippen LogP contribution in [0.4, 0.5) is 15.9 Å². The first-order valence-corrected chi connectivity index (χ1v) is 10.8. The summed E-state index contributed by atoms with van der Waals surface area (Å²) in [4.78, 5) is 15.2. The molecule has 32 heavy (non-hydrogen) atoms. The molecule has 0 saturated carbocycles. The minimum absolute atomic E-state index is 0.0296. The highest BCUT2D eigenvalue weighted by atomic mass is 19.1. The molecule has 1 aromatic heterocycles. The molecule has 3 aromatic carbocycles. The Morgan fingerprint density at radius 3 is 2.56 bits per heavy atom. The van der Waals surface area contributed by atoms with Gasteiger partial charge in [0, 0.05) is 29.7 Å². The second-order valence-electron chi connectivity index (χ2n) is 8.08. The minimum Gasteiger partial charge on any atom is -0.354 e. The van der Waals surface area contributed by atoms with Crippen molar-refractivity contribution in [2.45, 2.75) is 12.8 Å². The van der Waals surface area contributed by atoms with Crippen molar-refractivity contribution < 1.29 is 9.18 Å². The minimum atomic E-state index is -0.278. The zero-order valence-corrected chi connectivity index (χ0v) is 17.5. The summed E-state index contributed by atoms with van der Waals surface area (Å²) in [6.45, 7) is 1.43. The van der Waals surface area contributed by atoms with E-state index in [2.05, 4.69) is 20.4 Å². The number of carbonyl (C=O) groups excluding carboxylic acids is 1. The summed E-state index contributed by atoms with van der Waals surface area (Å²) in [6, 6.07) is 24.0. The van der Waals surface area contributed by atoms with E-state index in [1.54, 1.807) is 12.1 Å². The summed E-state index contributed by atoms with van der Waals surface area (Å²) in [7, 11) is 0. The zero-order valence-electron chi connectivity index (χ0n) is 17.5. The Labute approximate surface area is 185 Å². The summed E-state index contributed by atoms with van der Waals surface area (Å²) in [5, 5.41) is 14.0. The summed E-state index contributed by atoms with van der Waals surface area (Å²) in [5.41, 5.74) is 2.35. The number of hydrogen-bond donors (Lipinski definition) is 1. The molecule has 0 aliphatic carbocycles. The lowest BCUT2D eigenvalue weighted by molar-refractivity contribution is -0.120. The highest BCUT2D eigenvalue weighted by Crippen LogP contribution is 2.27. The average Bonchev–Trinajstić information content (AvgIpc) is 2.85. The number of piperidine rings is 1. The third-order valence-electron chi connectivity index (χ3n) is 5.95. The lowest BCUT2D eigenvalue weighted by atomic mass is 9.96. The molecule has 1 N–H and O–H groups in total. The van der Waals surface area contributed by atoms with Gasteiger partial charge in [-0.15, -0.1) is 10.2 Å². The number of carbonyl (C=O) groups is 1. The van der Waals surface area contributed by atoms with E-state index in [9.17, 15) is 9.18 Å². The number of anilines is 2. The van der Waals surface area contributed by atoms with Crippen LogP contribution in [-0.4, -0.2) is 29.2 Å². The molecule has 1 amide bonds. The smallest absolute Gasteiger partial charge is 0.229 e. The SMILES string of the molecule is O=C(Nc1cccc2ccccc12)C1CCCN(c2ccc(-c3ccc(F)cc3)nn2)C1. The second kappa shape index (κ2) is 8.75. The van der Waals surface area contributed by atoms with Crippen molar-refractivity contribution in [3.8, 4) is 11.3 Å². The molecule has 1 fully saturated rings. The van der Waals surface area contributed by atoms with E-state index < -0.39 is 0 Å². The first-order chi connectivity index (χ1) is 15.7. The normalized spacial score (nSPS) is 16.2. The van der Waals surface area contributed by atoms with Crippen molar-refractivity contribution in [3.05, 3.63) is 84.7 Å². The van der Waals surface area contributed by atoms with E-state index in [0.29, 0.717) is 12.2 Å². The van der Waals surface area contributed by atoms with Gasteiger partial charge in [0.25, 0.3) is 0 Å². The fraction of sp³-hybridized carbons (Fsp3) is 0.192. The molecule has 0 spiro atoms. The number of fused-ring (bicyclic) bond motifs is 1. The van der Waals surface area contributed by atoms with Gasteiger partial charge < -0.3 is 10.2 Å². The molecule has 6 heteroatoms. The van der Waals surface area contributed by atoms with Crippen LogP contribution in [0.2, 0.25) is 0 Å². The molecule has 0 radical (unpaired) electrons. The van der Waals surface area contributed by atoms with Gasteiger partial charge in [0.1, 0.15) is 5.82 Å². The Kier molecular flexibility index (Phi) is 5.50. The third kappa shape index (κ3) is 4.17. The first kappa shape index (κ1) is 20.1. The molecule has 160 valence electrons. The van der Waals surface area contributed by atoms with Crippen LogP contribution in [0.5, 0.6) is 0 Å². The van der Waals surface area contributed by atoms with E-state index in [4.69, 9.17) is 0 Å². The van der Waals surface area contributed by atoms with E-state index in [1.807, 2.05) is 54.6 Å². The summed E-state index contributed by atoms with van der Waals surface area (Å²) in [6.07, 6.45) is 1.75. The molecule has 4 aromatic rings. The maximum atomic E-state index is 13.2. The lowest BCUT2D eigenvalue weighted by Crippen LogP contribution is -2.41. The van der Waals surface area contributed by atoms with Crippen LogP contribution in [-0.2, 0) is 4.79 Å². The number of aromatic nitrogens is 2. The number of amides is 1. The summed E-state index contributed by atoms with van der Waals surface area (Å²) in [5.74, 6) is 0.376. The van der Waals surface area contributed by atoms with Crippen molar-refractivity contribution in [1.29, 1.82) is 0 Å². The van der Waals surface area contributed by atoms with E-state index in [0.717, 1.165) is 47.2 Å². The van der Waals surface area contributed by atoms with Crippen molar-refractivity contribution in [1.82, 2.24) is 10.2 Å². The molecular weight excluding hydrogens is 403 g/mol. The number of halogens is 1. The van der Waals surface area contributed by atoms with Crippen LogP contribution in [0.15, 0.2) is 78.9 Å². The molecule has 2 heterocycles. The summed E-state index contributed by atoms with van der Waals surface area (Å²) >= 11 is 0. The van der Waals surface area contributed by atoms with Gasteiger partial charge >= 0.3 is 0 Å². The van der Waals surface area contributed by atoms with E-state index in [1.165, 1.54) is 12.1 Å². The Morgan fingerprint density at radius 1 is 0.938 bits per heavy atom.